The molecule has 1 aromatic heterocycles. The van der Waals surface area contributed by atoms with Gasteiger partial charge < -0.3 is 10.6 Å². The molecule has 2 heterocycles. The molecule has 172 valence electrons. The van der Waals surface area contributed by atoms with Crippen LogP contribution in [0.2, 0.25) is 5.02 Å². The molecule has 2 aromatic rings. The van der Waals surface area contributed by atoms with E-state index in [0.717, 1.165) is 43.9 Å². The Labute approximate surface area is 189 Å². The number of carbonyl (C=O) groups is 1. The van der Waals surface area contributed by atoms with Crippen molar-refractivity contribution >= 4 is 39.8 Å². The van der Waals surface area contributed by atoms with Crippen LogP contribution >= 0.6 is 11.6 Å². The maximum absolute atomic E-state index is 13.3. The highest BCUT2D eigenvalue weighted by atomic mass is 35.5. The van der Waals surface area contributed by atoms with E-state index in [2.05, 4.69) is 20.6 Å². The molecule has 0 radical (unpaired) electrons. The predicted molar refractivity (Wildman–Crippen MR) is 120 cm³/mol. The molecule has 32 heavy (non-hydrogen) atoms. The van der Waals surface area contributed by atoms with Gasteiger partial charge in [0.2, 0.25) is 5.91 Å². The summed E-state index contributed by atoms with van der Waals surface area (Å²) in [6.45, 7) is 2.65. The molecule has 0 saturated heterocycles. The predicted octanol–water partition coefficient (Wildman–Crippen LogP) is 5.62. The second-order valence-electron chi connectivity index (χ2n) is 8.72. The fraction of sp³-hybridized carbons (Fsp3) is 0.522. The topological polar surface area (TPSA) is 66.4 Å². The van der Waals surface area contributed by atoms with Gasteiger partial charge in [0.1, 0.15) is 5.69 Å². The molecule has 1 aromatic carbocycles. The summed E-state index contributed by atoms with van der Waals surface area (Å²) in [5.41, 5.74) is 0.725. The van der Waals surface area contributed by atoms with Crippen LogP contribution in [0.25, 0.3) is 10.9 Å². The molecule has 0 bridgehead atoms. The molecule has 1 aliphatic carbocycles. The van der Waals surface area contributed by atoms with Gasteiger partial charge in [-0.1, -0.05) is 11.6 Å². The normalized spacial score (nSPS) is 24.2. The van der Waals surface area contributed by atoms with Gasteiger partial charge in [-0.05, 0) is 69.7 Å². The first-order valence-electron chi connectivity index (χ1n) is 10.9. The minimum Gasteiger partial charge on any atom is -0.382 e. The number of aliphatic imine (C=N–C) groups is 1. The number of fused-ring (bicyclic) bond motifs is 1. The number of alkyl halides is 3. The van der Waals surface area contributed by atoms with Crippen molar-refractivity contribution in [1.82, 2.24) is 10.3 Å². The summed E-state index contributed by atoms with van der Waals surface area (Å²) in [6, 6.07) is 5.83. The Morgan fingerprint density at radius 1 is 1.09 bits per heavy atom. The maximum atomic E-state index is 13.3. The first-order chi connectivity index (χ1) is 15.2. The highest BCUT2D eigenvalue weighted by Gasteiger charge is 2.34. The summed E-state index contributed by atoms with van der Waals surface area (Å²) >= 11 is 6.08. The number of benzene rings is 1. The van der Waals surface area contributed by atoms with Gasteiger partial charge in [-0.25, -0.2) is 4.98 Å². The quantitative estimate of drug-likeness (QED) is 0.614. The number of rotatable bonds is 4. The lowest BCUT2D eigenvalue weighted by Gasteiger charge is -2.32. The van der Waals surface area contributed by atoms with Crippen molar-refractivity contribution in [3.05, 3.63) is 35.0 Å². The van der Waals surface area contributed by atoms with Gasteiger partial charge in [0, 0.05) is 46.4 Å². The van der Waals surface area contributed by atoms with E-state index >= 15 is 0 Å². The SMILES string of the molecule is CC1=NCC[C@@H](C(=O)NC2CCC(Nc3cc(C(F)(F)F)nc4ccc(Cl)cc34)CC2)C1. The number of hydrogen-bond acceptors (Lipinski definition) is 4. The molecule has 5 nitrogen and oxygen atoms in total. The Bertz CT molecular complexity index is 1030. The number of aromatic nitrogens is 1. The van der Waals surface area contributed by atoms with Crippen molar-refractivity contribution < 1.29 is 18.0 Å². The van der Waals surface area contributed by atoms with Crippen LogP contribution in [-0.2, 0) is 11.0 Å². The molecule has 1 saturated carbocycles. The van der Waals surface area contributed by atoms with Gasteiger partial charge in [-0.3, -0.25) is 9.79 Å². The van der Waals surface area contributed by atoms with Crippen LogP contribution in [0.3, 0.4) is 0 Å². The second kappa shape index (κ2) is 9.25. The maximum Gasteiger partial charge on any atom is 0.433 e. The zero-order valence-corrected chi connectivity index (χ0v) is 18.6. The molecule has 4 rings (SSSR count). The molecule has 1 aliphatic heterocycles. The molecule has 2 aliphatic rings. The molecular formula is C23H26ClF3N4O. The summed E-state index contributed by atoms with van der Waals surface area (Å²) in [7, 11) is 0. The Balaban J connectivity index is 1.41. The van der Waals surface area contributed by atoms with Crippen LogP contribution in [0.1, 0.15) is 51.1 Å². The van der Waals surface area contributed by atoms with Crippen LogP contribution in [-0.4, -0.2) is 35.2 Å². The van der Waals surface area contributed by atoms with E-state index < -0.39 is 11.9 Å². The zero-order chi connectivity index (χ0) is 22.9. The summed E-state index contributed by atoms with van der Waals surface area (Å²) in [4.78, 5) is 20.7. The van der Waals surface area contributed by atoms with Crippen LogP contribution in [0.5, 0.6) is 0 Å². The summed E-state index contributed by atoms with van der Waals surface area (Å²) in [6.07, 6.45) is 0.0114. The monoisotopic (exact) mass is 466 g/mol. The molecule has 1 amide bonds. The van der Waals surface area contributed by atoms with E-state index in [-0.39, 0.29) is 29.4 Å². The summed E-state index contributed by atoms with van der Waals surface area (Å²) < 4.78 is 40.0. The smallest absolute Gasteiger partial charge is 0.382 e. The lowest BCUT2D eigenvalue weighted by atomic mass is 9.89. The van der Waals surface area contributed by atoms with Gasteiger partial charge in [0.25, 0.3) is 0 Å². The molecule has 0 spiro atoms. The van der Waals surface area contributed by atoms with E-state index in [1.54, 1.807) is 6.07 Å². The number of amides is 1. The molecule has 1 atom stereocenters. The minimum atomic E-state index is -4.53. The third-order valence-electron chi connectivity index (χ3n) is 6.27. The number of carbonyl (C=O) groups excluding carboxylic acids is 1. The summed E-state index contributed by atoms with van der Waals surface area (Å²) in [5, 5.41) is 7.45. The largest absolute Gasteiger partial charge is 0.433 e. The standard InChI is InChI=1S/C23H26ClF3N4O/c1-13-10-14(8-9-28-13)22(32)30-17-5-3-16(4-6-17)29-20-12-21(23(25,26)27)31-19-7-2-15(24)11-18(19)20/h2,7,11-12,14,16-17H,3-6,8-10H2,1H3,(H,29,31)(H,30,32)/t14-,16?,17?/m1/s1. The lowest BCUT2D eigenvalue weighted by Crippen LogP contribution is -2.43. The first kappa shape index (κ1) is 22.8. The minimum absolute atomic E-state index is 0.0119. The van der Waals surface area contributed by atoms with Gasteiger partial charge in [0.05, 0.1) is 5.52 Å². The van der Waals surface area contributed by atoms with Crippen LogP contribution in [0.4, 0.5) is 18.9 Å². The Hall–Kier alpha value is -2.35. The number of nitrogens with zero attached hydrogens (tertiary/aromatic N) is 2. The van der Waals surface area contributed by atoms with Crippen molar-refractivity contribution in [2.75, 3.05) is 11.9 Å². The van der Waals surface area contributed by atoms with Gasteiger partial charge in [-0.2, -0.15) is 13.2 Å². The van der Waals surface area contributed by atoms with E-state index in [4.69, 9.17) is 11.6 Å². The Kier molecular flexibility index (Phi) is 6.60. The average Bonchev–Trinajstić information content (AvgIpc) is 2.74. The van der Waals surface area contributed by atoms with Crippen LogP contribution in [0.15, 0.2) is 29.3 Å². The average molecular weight is 467 g/mol. The van der Waals surface area contributed by atoms with Crippen LogP contribution in [0, 0.1) is 5.92 Å². The van der Waals surface area contributed by atoms with E-state index in [0.29, 0.717) is 29.1 Å². The number of nitrogens with one attached hydrogen (secondary N) is 2. The van der Waals surface area contributed by atoms with Crippen molar-refractivity contribution in [2.24, 2.45) is 10.9 Å². The van der Waals surface area contributed by atoms with Gasteiger partial charge in [-0.15, -0.1) is 0 Å². The number of hydrogen-bond donors (Lipinski definition) is 2. The molecular weight excluding hydrogens is 441 g/mol. The van der Waals surface area contributed by atoms with Gasteiger partial charge in [0.15, 0.2) is 0 Å². The highest BCUT2D eigenvalue weighted by Crippen LogP contribution is 2.35. The number of halogens is 4. The zero-order valence-electron chi connectivity index (χ0n) is 17.8. The van der Waals surface area contributed by atoms with Crippen molar-refractivity contribution in [2.45, 2.75) is 63.7 Å². The molecule has 1 fully saturated rings. The molecule has 2 N–H and O–H groups in total. The molecule has 9 heteroatoms. The fourth-order valence-corrected chi connectivity index (χ4v) is 4.71. The fourth-order valence-electron chi connectivity index (χ4n) is 4.54. The lowest BCUT2D eigenvalue weighted by molar-refractivity contribution is -0.140. The molecule has 0 unspecified atom stereocenters. The van der Waals surface area contributed by atoms with E-state index in [1.807, 2.05) is 6.92 Å². The van der Waals surface area contributed by atoms with E-state index in [9.17, 15) is 18.0 Å². The first-order valence-corrected chi connectivity index (χ1v) is 11.3. The van der Waals surface area contributed by atoms with Crippen molar-refractivity contribution in [3.8, 4) is 0 Å². The Morgan fingerprint density at radius 3 is 2.50 bits per heavy atom. The van der Waals surface area contributed by atoms with Crippen LogP contribution < -0.4 is 10.6 Å². The third kappa shape index (κ3) is 5.34. The van der Waals surface area contributed by atoms with Crippen molar-refractivity contribution in [1.29, 1.82) is 0 Å². The second-order valence-corrected chi connectivity index (χ2v) is 9.16. The number of pyridine rings is 1. The van der Waals surface area contributed by atoms with Gasteiger partial charge >= 0.3 is 6.18 Å². The Morgan fingerprint density at radius 2 is 1.81 bits per heavy atom. The summed E-state index contributed by atoms with van der Waals surface area (Å²) in [5.74, 6) is 0.0670. The van der Waals surface area contributed by atoms with E-state index in [1.165, 1.54) is 12.1 Å². The van der Waals surface area contributed by atoms with Crippen molar-refractivity contribution in [3.63, 3.8) is 0 Å². The number of anilines is 1. The highest BCUT2D eigenvalue weighted by molar-refractivity contribution is 6.31. The third-order valence-corrected chi connectivity index (χ3v) is 6.50.